The van der Waals surface area contributed by atoms with Crippen molar-refractivity contribution in [3.05, 3.63) is 131 Å². The predicted molar refractivity (Wildman–Crippen MR) is 210 cm³/mol. The first kappa shape index (κ1) is 38.6. The second kappa shape index (κ2) is 18.7. The minimum absolute atomic E-state index is 0.0793. The van der Waals surface area contributed by atoms with E-state index in [-0.39, 0.29) is 11.9 Å². The molecule has 2 fully saturated rings. The van der Waals surface area contributed by atoms with Crippen molar-refractivity contribution in [1.29, 1.82) is 0 Å². The van der Waals surface area contributed by atoms with Crippen LogP contribution in [-0.4, -0.2) is 74.2 Å². The van der Waals surface area contributed by atoms with Gasteiger partial charge in [-0.1, -0.05) is 84.9 Å². The normalized spacial score (nSPS) is 17.0. The van der Waals surface area contributed by atoms with Gasteiger partial charge in [0.15, 0.2) is 0 Å². The molecular weight excluding hydrogens is 649 g/mol. The quantitative estimate of drug-likeness (QED) is 0.122. The molecule has 0 spiro atoms. The van der Waals surface area contributed by atoms with Crippen LogP contribution in [0.15, 0.2) is 109 Å². The zero-order chi connectivity index (χ0) is 36.8. The summed E-state index contributed by atoms with van der Waals surface area (Å²) in [7, 11) is 0. The molecule has 2 aliphatic heterocycles. The van der Waals surface area contributed by atoms with Gasteiger partial charge in [0.05, 0.1) is 24.0 Å². The van der Waals surface area contributed by atoms with Crippen LogP contribution in [0.5, 0.6) is 0 Å². The Hall–Kier alpha value is -4.66. The van der Waals surface area contributed by atoms with Crippen molar-refractivity contribution in [2.75, 3.05) is 63.9 Å². The van der Waals surface area contributed by atoms with Crippen molar-refractivity contribution in [3.63, 3.8) is 0 Å². The number of ether oxygens (including phenoxy) is 2. The number of anilines is 2. The fraction of sp³-hybridized carbons (Fsp3) is 0.409. The molecule has 0 bridgehead atoms. The van der Waals surface area contributed by atoms with Crippen LogP contribution in [0.25, 0.3) is 0 Å². The number of nitrogen functional groups attached to an aromatic ring is 2. The Morgan fingerprint density at radius 3 is 1.17 bits per heavy atom. The number of piperidine rings is 2. The molecule has 0 aliphatic carbocycles. The third-order valence-corrected chi connectivity index (χ3v) is 10.8. The van der Waals surface area contributed by atoms with Gasteiger partial charge in [0, 0.05) is 24.5 Å². The van der Waals surface area contributed by atoms with E-state index in [1.807, 2.05) is 74.5 Å². The number of rotatable bonds is 12. The van der Waals surface area contributed by atoms with E-state index < -0.39 is 10.8 Å². The van der Waals surface area contributed by atoms with E-state index in [0.717, 1.165) is 100 Å². The highest BCUT2D eigenvalue weighted by Gasteiger charge is 2.45. The topological polar surface area (TPSA) is 111 Å². The summed E-state index contributed by atoms with van der Waals surface area (Å²) >= 11 is 0. The molecule has 0 saturated carbocycles. The number of carbonyl (C=O) groups excluding carboxylic acids is 2. The molecule has 0 unspecified atom stereocenters. The Morgan fingerprint density at radius 2 is 0.865 bits per heavy atom. The van der Waals surface area contributed by atoms with E-state index in [0.29, 0.717) is 13.2 Å². The molecule has 4 aromatic rings. The monoisotopic (exact) mass is 704 g/mol. The Balaban J connectivity index is 0.000000201. The second-order valence-corrected chi connectivity index (χ2v) is 14.0. The van der Waals surface area contributed by atoms with Gasteiger partial charge in [-0.25, -0.2) is 0 Å². The SMILES string of the molecule is CCOC(=O)C1(c2ccccc2)CCN(CCc2ccc(N)cc2)CC1.CCOC(=O)C1(c2ccccc2)CCN(CCc2ccc(N)cc2)CC1. The molecule has 2 aliphatic rings. The van der Waals surface area contributed by atoms with E-state index >= 15 is 0 Å². The molecule has 8 nitrogen and oxygen atoms in total. The third kappa shape index (κ3) is 9.81. The molecule has 0 atom stereocenters. The van der Waals surface area contributed by atoms with Gasteiger partial charge < -0.3 is 30.7 Å². The Labute approximate surface area is 310 Å². The first-order valence-electron chi connectivity index (χ1n) is 18.9. The van der Waals surface area contributed by atoms with Crippen LogP contribution >= 0.6 is 0 Å². The van der Waals surface area contributed by atoms with Crippen LogP contribution in [0.2, 0.25) is 0 Å². The van der Waals surface area contributed by atoms with E-state index in [2.05, 4.69) is 58.3 Å². The number of nitrogens with zero attached hydrogens (tertiary/aromatic N) is 2. The fourth-order valence-corrected chi connectivity index (χ4v) is 7.53. The summed E-state index contributed by atoms with van der Waals surface area (Å²) in [6.45, 7) is 10.2. The lowest BCUT2D eigenvalue weighted by Gasteiger charge is -2.40. The zero-order valence-corrected chi connectivity index (χ0v) is 31.0. The number of hydrogen-bond donors (Lipinski definition) is 2. The average Bonchev–Trinajstić information content (AvgIpc) is 3.19. The Kier molecular flexibility index (Phi) is 13.9. The van der Waals surface area contributed by atoms with Crippen LogP contribution in [0.4, 0.5) is 11.4 Å². The number of carbonyl (C=O) groups is 2. The molecular formula is C44H56N4O4. The van der Waals surface area contributed by atoms with Crippen LogP contribution in [0.1, 0.15) is 61.8 Å². The molecule has 4 aromatic carbocycles. The van der Waals surface area contributed by atoms with Gasteiger partial charge in [-0.3, -0.25) is 9.59 Å². The molecule has 8 heteroatoms. The second-order valence-electron chi connectivity index (χ2n) is 14.0. The summed E-state index contributed by atoms with van der Waals surface area (Å²) in [5.41, 5.74) is 16.8. The van der Waals surface area contributed by atoms with Crippen molar-refractivity contribution in [2.24, 2.45) is 0 Å². The maximum Gasteiger partial charge on any atom is 0.316 e. The molecule has 0 amide bonds. The highest BCUT2D eigenvalue weighted by atomic mass is 16.5. The largest absolute Gasteiger partial charge is 0.465 e. The number of nitrogens with two attached hydrogens (primary N) is 2. The minimum Gasteiger partial charge on any atom is -0.465 e. The summed E-state index contributed by atoms with van der Waals surface area (Å²) in [5, 5.41) is 0. The van der Waals surface area contributed by atoms with Crippen molar-refractivity contribution < 1.29 is 19.1 Å². The van der Waals surface area contributed by atoms with Gasteiger partial charge in [0.25, 0.3) is 0 Å². The van der Waals surface area contributed by atoms with Crippen molar-refractivity contribution in [1.82, 2.24) is 9.80 Å². The van der Waals surface area contributed by atoms with Gasteiger partial charge in [-0.05, 0) is 125 Å². The summed E-state index contributed by atoms with van der Waals surface area (Å²) < 4.78 is 10.9. The molecule has 4 N–H and O–H groups in total. The Bertz CT molecular complexity index is 1540. The molecule has 0 aromatic heterocycles. The van der Waals surface area contributed by atoms with Gasteiger partial charge >= 0.3 is 11.9 Å². The van der Waals surface area contributed by atoms with Crippen LogP contribution in [-0.2, 0) is 42.7 Å². The third-order valence-electron chi connectivity index (χ3n) is 10.8. The predicted octanol–water partition coefficient (Wildman–Crippen LogP) is 6.82. The zero-order valence-electron chi connectivity index (χ0n) is 31.0. The maximum absolute atomic E-state index is 12.8. The highest BCUT2D eigenvalue weighted by Crippen LogP contribution is 2.38. The lowest BCUT2D eigenvalue weighted by Crippen LogP contribution is -2.48. The molecule has 0 radical (unpaired) electrons. The smallest absolute Gasteiger partial charge is 0.316 e. The molecule has 2 saturated heterocycles. The minimum atomic E-state index is -0.505. The van der Waals surface area contributed by atoms with Gasteiger partial charge in [0.1, 0.15) is 0 Å². The van der Waals surface area contributed by atoms with E-state index in [1.165, 1.54) is 11.1 Å². The van der Waals surface area contributed by atoms with E-state index in [9.17, 15) is 9.59 Å². The molecule has 276 valence electrons. The first-order chi connectivity index (χ1) is 25.3. The summed E-state index contributed by atoms with van der Waals surface area (Å²) in [6, 6.07) is 36.4. The van der Waals surface area contributed by atoms with Crippen LogP contribution < -0.4 is 11.5 Å². The number of likely N-dealkylation sites (tertiary alicyclic amines) is 2. The Morgan fingerprint density at radius 1 is 0.538 bits per heavy atom. The maximum atomic E-state index is 12.8. The number of hydrogen-bond acceptors (Lipinski definition) is 8. The van der Waals surface area contributed by atoms with Gasteiger partial charge in [-0.2, -0.15) is 0 Å². The number of benzene rings is 4. The highest BCUT2D eigenvalue weighted by molar-refractivity contribution is 5.84. The first-order valence-corrected chi connectivity index (χ1v) is 18.9. The summed E-state index contributed by atoms with van der Waals surface area (Å²) in [4.78, 5) is 30.5. The van der Waals surface area contributed by atoms with Crippen molar-refractivity contribution >= 4 is 23.3 Å². The molecule has 6 rings (SSSR count). The van der Waals surface area contributed by atoms with Crippen molar-refractivity contribution in [3.8, 4) is 0 Å². The van der Waals surface area contributed by atoms with E-state index in [1.54, 1.807) is 0 Å². The summed E-state index contributed by atoms with van der Waals surface area (Å²) in [6.07, 6.45) is 5.21. The van der Waals surface area contributed by atoms with Gasteiger partial charge in [0.2, 0.25) is 0 Å². The lowest BCUT2D eigenvalue weighted by molar-refractivity contribution is -0.153. The van der Waals surface area contributed by atoms with Crippen molar-refractivity contribution in [2.45, 2.75) is 63.2 Å². The van der Waals surface area contributed by atoms with Crippen LogP contribution in [0, 0.1) is 0 Å². The van der Waals surface area contributed by atoms with Gasteiger partial charge in [-0.15, -0.1) is 0 Å². The number of esters is 2. The average molecular weight is 705 g/mol. The van der Waals surface area contributed by atoms with Crippen LogP contribution in [0.3, 0.4) is 0 Å². The molecule has 52 heavy (non-hydrogen) atoms. The summed E-state index contributed by atoms with van der Waals surface area (Å²) in [5.74, 6) is -0.159. The lowest BCUT2D eigenvalue weighted by atomic mass is 9.72. The van der Waals surface area contributed by atoms with E-state index in [4.69, 9.17) is 20.9 Å². The standard InChI is InChI=1S/2C22H28N2O2/c2*1-2-26-21(25)22(19-6-4-3-5-7-19)13-16-24(17-14-22)15-12-18-8-10-20(23)11-9-18/h2*3-11H,2,12-17,23H2,1H3. The fourth-order valence-electron chi connectivity index (χ4n) is 7.53. The molecule has 2 heterocycles.